The van der Waals surface area contributed by atoms with Gasteiger partial charge in [-0.1, -0.05) is 0 Å². The summed E-state index contributed by atoms with van der Waals surface area (Å²) >= 11 is 0. The first kappa shape index (κ1) is 13.2. The molecule has 6 nitrogen and oxygen atoms in total. The van der Waals surface area contributed by atoms with Crippen LogP contribution in [-0.2, 0) is 4.79 Å². The molecule has 1 unspecified atom stereocenters. The number of rotatable bonds is 4. The number of likely N-dealkylation sites (N-methyl/N-ethyl adjacent to an activating group) is 1. The van der Waals surface area contributed by atoms with E-state index in [-0.39, 0.29) is 11.9 Å². The molecular formula is C13H19N5O. The molecule has 4 N–H and O–H groups in total. The summed E-state index contributed by atoms with van der Waals surface area (Å²) in [7, 11) is 1.78. The third kappa shape index (κ3) is 2.78. The summed E-state index contributed by atoms with van der Waals surface area (Å²) in [6.45, 7) is 4.44. The number of imidazole rings is 1. The van der Waals surface area contributed by atoms with E-state index in [1.165, 1.54) is 0 Å². The molecule has 0 aliphatic carbocycles. The van der Waals surface area contributed by atoms with Gasteiger partial charge in [-0.05, 0) is 32.0 Å². The molecule has 19 heavy (non-hydrogen) atoms. The van der Waals surface area contributed by atoms with Crippen molar-refractivity contribution < 1.29 is 4.79 Å². The Hall–Kier alpha value is -2.24. The number of carbonyl (C=O) groups excluding carboxylic acids is 1. The molecule has 1 atom stereocenters. The number of hydrogen-bond donors (Lipinski definition) is 3. The van der Waals surface area contributed by atoms with Crippen LogP contribution in [0.2, 0.25) is 0 Å². The van der Waals surface area contributed by atoms with Crippen LogP contribution in [0.1, 0.15) is 13.8 Å². The van der Waals surface area contributed by atoms with Crippen LogP contribution in [0, 0.1) is 0 Å². The summed E-state index contributed by atoms with van der Waals surface area (Å²) in [4.78, 5) is 21.1. The highest BCUT2D eigenvalue weighted by Crippen LogP contribution is 2.17. The van der Waals surface area contributed by atoms with E-state index >= 15 is 0 Å². The van der Waals surface area contributed by atoms with Gasteiger partial charge in [0.2, 0.25) is 11.9 Å². The van der Waals surface area contributed by atoms with Crippen LogP contribution in [0.25, 0.3) is 11.0 Å². The topological polar surface area (TPSA) is 87.0 Å². The smallest absolute Gasteiger partial charge is 0.244 e. The molecule has 2 aromatic rings. The number of amides is 1. The van der Waals surface area contributed by atoms with Gasteiger partial charge in [-0.15, -0.1) is 0 Å². The highest BCUT2D eigenvalue weighted by Gasteiger charge is 2.17. The number of nitrogen functional groups attached to an aromatic ring is 1. The summed E-state index contributed by atoms with van der Waals surface area (Å²) in [5.41, 5.74) is 8.06. The Morgan fingerprint density at radius 2 is 2.32 bits per heavy atom. The Bertz CT molecular complexity index is 592. The predicted octanol–water partition coefficient (Wildman–Crippen LogP) is 1.42. The van der Waals surface area contributed by atoms with Crippen LogP contribution in [0.4, 0.5) is 11.6 Å². The van der Waals surface area contributed by atoms with Gasteiger partial charge in [0, 0.05) is 19.3 Å². The summed E-state index contributed by atoms with van der Waals surface area (Å²) in [5, 5.41) is 3.07. The van der Waals surface area contributed by atoms with E-state index < -0.39 is 0 Å². The van der Waals surface area contributed by atoms with E-state index in [1.807, 2.05) is 26.0 Å². The van der Waals surface area contributed by atoms with Crippen molar-refractivity contribution in [3.8, 4) is 0 Å². The SMILES string of the molecule is CCN(C)C(=O)C(C)Nc1nc2ccc(N)cc2[nH]1. The minimum atomic E-state index is -0.331. The molecule has 0 spiro atoms. The average Bonchev–Trinajstić information content (AvgIpc) is 2.77. The van der Waals surface area contributed by atoms with Crippen molar-refractivity contribution in [2.45, 2.75) is 19.9 Å². The van der Waals surface area contributed by atoms with Crippen molar-refractivity contribution in [2.75, 3.05) is 24.6 Å². The lowest BCUT2D eigenvalue weighted by molar-refractivity contribution is -0.130. The Morgan fingerprint density at radius 3 is 3.00 bits per heavy atom. The largest absolute Gasteiger partial charge is 0.399 e. The zero-order chi connectivity index (χ0) is 14.0. The standard InChI is InChI=1S/C13H19N5O/c1-4-18(3)12(19)8(2)15-13-16-10-6-5-9(14)7-11(10)17-13/h5-8H,4,14H2,1-3H3,(H2,15,16,17). The van der Waals surface area contributed by atoms with Gasteiger partial charge < -0.3 is 20.9 Å². The number of H-pyrrole nitrogens is 1. The van der Waals surface area contributed by atoms with E-state index in [9.17, 15) is 4.79 Å². The molecule has 0 saturated carbocycles. The molecule has 0 saturated heterocycles. The van der Waals surface area contributed by atoms with E-state index in [0.717, 1.165) is 11.0 Å². The van der Waals surface area contributed by atoms with Crippen molar-refractivity contribution in [2.24, 2.45) is 0 Å². The molecule has 0 bridgehead atoms. The molecular weight excluding hydrogens is 242 g/mol. The van der Waals surface area contributed by atoms with Crippen molar-refractivity contribution in [3.63, 3.8) is 0 Å². The lowest BCUT2D eigenvalue weighted by atomic mass is 10.3. The highest BCUT2D eigenvalue weighted by atomic mass is 16.2. The Kier molecular flexibility index (Phi) is 3.59. The first-order valence-electron chi connectivity index (χ1n) is 6.28. The average molecular weight is 261 g/mol. The molecule has 0 aliphatic heterocycles. The van der Waals surface area contributed by atoms with Crippen molar-refractivity contribution in [1.29, 1.82) is 0 Å². The van der Waals surface area contributed by atoms with Gasteiger partial charge in [-0.3, -0.25) is 4.79 Å². The second-order valence-electron chi connectivity index (χ2n) is 4.58. The first-order valence-corrected chi connectivity index (χ1v) is 6.28. The van der Waals surface area contributed by atoms with Gasteiger partial charge in [-0.25, -0.2) is 4.98 Å². The van der Waals surface area contributed by atoms with Crippen LogP contribution in [-0.4, -0.2) is 40.4 Å². The number of carbonyl (C=O) groups is 1. The number of hydrogen-bond acceptors (Lipinski definition) is 4. The molecule has 1 aromatic carbocycles. The predicted molar refractivity (Wildman–Crippen MR) is 76.9 cm³/mol. The maximum absolute atomic E-state index is 11.9. The molecule has 0 fully saturated rings. The lowest BCUT2D eigenvalue weighted by Gasteiger charge is -2.20. The zero-order valence-electron chi connectivity index (χ0n) is 11.4. The minimum Gasteiger partial charge on any atom is -0.399 e. The number of nitrogens with one attached hydrogen (secondary N) is 2. The number of aromatic amines is 1. The van der Waals surface area contributed by atoms with Gasteiger partial charge in [-0.2, -0.15) is 0 Å². The third-order valence-electron chi connectivity index (χ3n) is 3.08. The summed E-state index contributed by atoms with van der Waals surface area (Å²) < 4.78 is 0. The molecule has 0 radical (unpaired) electrons. The van der Waals surface area contributed by atoms with Gasteiger partial charge in [0.05, 0.1) is 11.0 Å². The Balaban J connectivity index is 2.15. The van der Waals surface area contributed by atoms with Gasteiger partial charge in [0.25, 0.3) is 0 Å². The second kappa shape index (κ2) is 5.17. The summed E-state index contributed by atoms with van der Waals surface area (Å²) in [5.74, 6) is 0.605. The number of anilines is 2. The van der Waals surface area contributed by atoms with Crippen LogP contribution in [0.15, 0.2) is 18.2 Å². The molecule has 1 aromatic heterocycles. The molecule has 102 valence electrons. The van der Waals surface area contributed by atoms with E-state index in [0.29, 0.717) is 18.2 Å². The fraction of sp³-hybridized carbons (Fsp3) is 0.385. The van der Waals surface area contributed by atoms with Crippen molar-refractivity contribution in [3.05, 3.63) is 18.2 Å². The summed E-state index contributed by atoms with van der Waals surface area (Å²) in [6.07, 6.45) is 0. The van der Waals surface area contributed by atoms with E-state index in [2.05, 4.69) is 15.3 Å². The monoisotopic (exact) mass is 261 g/mol. The van der Waals surface area contributed by atoms with Crippen LogP contribution < -0.4 is 11.1 Å². The Labute approximate surface area is 112 Å². The number of nitrogens with two attached hydrogens (primary N) is 1. The van der Waals surface area contributed by atoms with Crippen LogP contribution >= 0.6 is 0 Å². The fourth-order valence-electron chi connectivity index (χ4n) is 1.85. The maximum atomic E-state index is 11.9. The first-order chi connectivity index (χ1) is 9.01. The molecule has 1 heterocycles. The van der Waals surface area contributed by atoms with Gasteiger partial charge >= 0.3 is 0 Å². The van der Waals surface area contributed by atoms with Crippen molar-refractivity contribution >= 4 is 28.6 Å². The van der Waals surface area contributed by atoms with Gasteiger partial charge in [0.15, 0.2) is 0 Å². The number of nitrogens with zero attached hydrogens (tertiary/aromatic N) is 2. The minimum absolute atomic E-state index is 0.0301. The van der Waals surface area contributed by atoms with Crippen molar-refractivity contribution in [1.82, 2.24) is 14.9 Å². The zero-order valence-corrected chi connectivity index (χ0v) is 11.4. The number of benzene rings is 1. The maximum Gasteiger partial charge on any atom is 0.244 e. The summed E-state index contributed by atoms with van der Waals surface area (Å²) in [6, 6.07) is 5.13. The quantitative estimate of drug-likeness (QED) is 0.726. The molecule has 0 aliphatic rings. The van der Waals surface area contributed by atoms with Crippen LogP contribution in [0.3, 0.4) is 0 Å². The molecule has 1 amide bonds. The number of fused-ring (bicyclic) bond motifs is 1. The van der Waals surface area contributed by atoms with Gasteiger partial charge in [0.1, 0.15) is 6.04 Å². The lowest BCUT2D eigenvalue weighted by Crippen LogP contribution is -2.39. The second-order valence-corrected chi connectivity index (χ2v) is 4.58. The van der Waals surface area contributed by atoms with Crippen LogP contribution in [0.5, 0.6) is 0 Å². The third-order valence-corrected chi connectivity index (χ3v) is 3.08. The number of aromatic nitrogens is 2. The van der Waals surface area contributed by atoms with E-state index in [1.54, 1.807) is 18.0 Å². The molecule has 6 heteroatoms. The van der Waals surface area contributed by atoms with E-state index in [4.69, 9.17) is 5.73 Å². The highest BCUT2D eigenvalue weighted by molar-refractivity contribution is 5.85. The normalized spacial score (nSPS) is 12.4. The fourth-order valence-corrected chi connectivity index (χ4v) is 1.85. The molecule has 2 rings (SSSR count). The Morgan fingerprint density at radius 1 is 1.58 bits per heavy atom.